The maximum atomic E-state index is 10.6. The second-order valence-corrected chi connectivity index (χ2v) is 3.59. The molecule has 1 unspecified atom stereocenters. The third kappa shape index (κ3) is 4.58. The average Bonchev–Trinajstić information content (AvgIpc) is 2.93. The molecule has 0 amide bonds. The minimum Gasteiger partial charge on any atom is -0.479 e. The molecule has 4 heteroatoms. The van der Waals surface area contributed by atoms with Gasteiger partial charge < -0.3 is 14.6 Å². The Balaban J connectivity index is 2.02. The molecule has 0 aromatic carbocycles. The van der Waals surface area contributed by atoms with Crippen LogP contribution in [0.4, 0.5) is 0 Å². The molecule has 0 radical (unpaired) electrons. The second-order valence-electron chi connectivity index (χ2n) is 3.59. The molecule has 1 atom stereocenters. The molecule has 82 valence electrons. The van der Waals surface area contributed by atoms with E-state index in [0.717, 1.165) is 12.5 Å². The minimum atomic E-state index is -0.901. The molecule has 1 N–H and O–H groups in total. The van der Waals surface area contributed by atoms with Crippen molar-refractivity contribution in [3.8, 4) is 0 Å². The Morgan fingerprint density at radius 1 is 1.57 bits per heavy atom. The number of hydrogen-bond donors (Lipinski definition) is 1. The predicted molar refractivity (Wildman–Crippen MR) is 51.2 cm³/mol. The Labute approximate surface area is 84.2 Å². The van der Waals surface area contributed by atoms with Crippen LogP contribution >= 0.6 is 0 Å². The van der Waals surface area contributed by atoms with Crippen LogP contribution in [0.25, 0.3) is 0 Å². The summed E-state index contributed by atoms with van der Waals surface area (Å²) in [4.78, 5) is 10.6. The summed E-state index contributed by atoms with van der Waals surface area (Å²) < 4.78 is 10.4. The summed E-state index contributed by atoms with van der Waals surface area (Å²) in [5, 5.41) is 8.74. The van der Waals surface area contributed by atoms with Crippen molar-refractivity contribution in [1.82, 2.24) is 0 Å². The largest absolute Gasteiger partial charge is 0.479 e. The van der Waals surface area contributed by atoms with Gasteiger partial charge in [-0.25, -0.2) is 4.79 Å². The Morgan fingerprint density at radius 3 is 2.79 bits per heavy atom. The SMILES string of the molecule is CCOC(CCOCC1CC1)C(=O)O. The lowest BCUT2D eigenvalue weighted by Gasteiger charge is -2.11. The van der Waals surface area contributed by atoms with Gasteiger partial charge in [0.1, 0.15) is 0 Å². The molecule has 1 rings (SSSR count). The van der Waals surface area contributed by atoms with Gasteiger partial charge in [-0.1, -0.05) is 0 Å². The second kappa shape index (κ2) is 5.98. The van der Waals surface area contributed by atoms with Crippen molar-refractivity contribution >= 4 is 5.97 Å². The highest BCUT2D eigenvalue weighted by Gasteiger charge is 2.22. The van der Waals surface area contributed by atoms with E-state index in [0.29, 0.717) is 19.6 Å². The van der Waals surface area contributed by atoms with Crippen LogP contribution in [-0.4, -0.2) is 37.0 Å². The zero-order valence-corrected chi connectivity index (χ0v) is 8.57. The van der Waals surface area contributed by atoms with Gasteiger partial charge in [-0.15, -0.1) is 0 Å². The Bertz CT molecular complexity index is 177. The van der Waals surface area contributed by atoms with Gasteiger partial charge in [0, 0.05) is 26.2 Å². The van der Waals surface area contributed by atoms with E-state index < -0.39 is 12.1 Å². The normalized spacial score (nSPS) is 18.1. The topological polar surface area (TPSA) is 55.8 Å². The molecule has 1 aliphatic carbocycles. The highest BCUT2D eigenvalue weighted by molar-refractivity contribution is 5.72. The molecule has 0 aromatic heterocycles. The van der Waals surface area contributed by atoms with E-state index >= 15 is 0 Å². The molecule has 4 nitrogen and oxygen atoms in total. The highest BCUT2D eigenvalue weighted by atomic mass is 16.5. The molecule has 0 spiro atoms. The monoisotopic (exact) mass is 202 g/mol. The first-order valence-electron chi connectivity index (χ1n) is 5.16. The Hall–Kier alpha value is -0.610. The summed E-state index contributed by atoms with van der Waals surface area (Å²) in [6.45, 7) is 3.48. The maximum Gasteiger partial charge on any atom is 0.332 e. The minimum absolute atomic E-state index is 0.430. The van der Waals surface area contributed by atoms with Crippen molar-refractivity contribution in [2.75, 3.05) is 19.8 Å². The van der Waals surface area contributed by atoms with Crippen molar-refractivity contribution < 1.29 is 19.4 Å². The van der Waals surface area contributed by atoms with Crippen LogP contribution < -0.4 is 0 Å². The fraction of sp³-hybridized carbons (Fsp3) is 0.900. The molecule has 0 bridgehead atoms. The van der Waals surface area contributed by atoms with Crippen molar-refractivity contribution in [3.05, 3.63) is 0 Å². The number of rotatable bonds is 8. The number of hydrogen-bond acceptors (Lipinski definition) is 3. The molecule has 1 saturated carbocycles. The van der Waals surface area contributed by atoms with Crippen LogP contribution in [0.15, 0.2) is 0 Å². The lowest BCUT2D eigenvalue weighted by atomic mass is 10.2. The molecule has 1 aliphatic rings. The van der Waals surface area contributed by atoms with Gasteiger partial charge in [0.2, 0.25) is 0 Å². The molecule has 14 heavy (non-hydrogen) atoms. The van der Waals surface area contributed by atoms with Crippen LogP contribution in [0.1, 0.15) is 26.2 Å². The summed E-state index contributed by atoms with van der Waals surface area (Å²) in [7, 11) is 0. The zero-order valence-electron chi connectivity index (χ0n) is 8.57. The van der Waals surface area contributed by atoms with E-state index in [-0.39, 0.29) is 0 Å². The summed E-state index contributed by atoms with van der Waals surface area (Å²) in [5.41, 5.74) is 0. The van der Waals surface area contributed by atoms with Gasteiger partial charge in [0.15, 0.2) is 6.10 Å². The molecule has 0 saturated heterocycles. The van der Waals surface area contributed by atoms with Gasteiger partial charge in [-0.3, -0.25) is 0 Å². The average molecular weight is 202 g/mol. The third-order valence-corrected chi connectivity index (χ3v) is 2.22. The molecule has 0 aliphatic heterocycles. The zero-order chi connectivity index (χ0) is 10.4. The fourth-order valence-corrected chi connectivity index (χ4v) is 1.20. The van der Waals surface area contributed by atoms with E-state index in [1.54, 1.807) is 6.92 Å². The first kappa shape index (κ1) is 11.5. The van der Waals surface area contributed by atoms with Crippen LogP contribution in [-0.2, 0) is 14.3 Å². The number of aliphatic carboxylic acids is 1. The summed E-state index contributed by atoms with van der Waals surface area (Å²) in [6, 6.07) is 0. The third-order valence-electron chi connectivity index (χ3n) is 2.22. The lowest BCUT2D eigenvalue weighted by Crippen LogP contribution is -2.25. The number of carboxylic acid groups (broad SMARTS) is 1. The van der Waals surface area contributed by atoms with E-state index in [2.05, 4.69) is 0 Å². The molecule has 0 aromatic rings. The van der Waals surface area contributed by atoms with E-state index in [4.69, 9.17) is 14.6 Å². The van der Waals surface area contributed by atoms with E-state index in [1.165, 1.54) is 12.8 Å². The summed E-state index contributed by atoms with van der Waals surface area (Å²) in [6.07, 6.45) is 2.25. The van der Waals surface area contributed by atoms with Gasteiger partial charge in [-0.2, -0.15) is 0 Å². The van der Waals surface area contributed by atoms with Gasteiger partial charge in [0.05, 0.1) is 0 Å². The van der Waals surface area contributed by atoms with Gasteiger partial charge in [-0.05, 0) is 25.7 Å². The highest BCUT2D eigenvalue weighted by Crippen LogP contribution is 2.28. The van der Waals surface area contributed by atoms with Gasteiger partial charge >= 0.3 is 5.97 Å². The maximum absolute atomic E-state index is 10.6. The van der Waals surface area contributed by atoms with Crippen molar-refractivity contribution in [1.29, 1.82) is 0 Å². The first-order valence-corrected chi connectivity index (χ1v) is 5.16. The predicted octanol–water partition coefficient (Wildman–Crippen LogP) is 1.29. The Morgan fingerprint density at radius 2 is 2.29 bits per heavy atom. The summed E-state index contributed by atoms with van der Waals surface area (Å²) in [5.74, 6) is -0.174. The molecule has 0 heterocycles. The number of carboxylic acids is 1. The van der Waals surface area contributed by atoms with Crippen LogP contribution in [0.2, 0.25) is 0 Å². The van der Waals surface area contributed by atoms with E-state index in [1.807, 2.05) is 0 Å². The Kier molecular flexibility index (Phi) is 4.90. The number of carbonyl (C=O) groups is 1. The van der Waals surface area contributed by atoms with Crippen LogP contribution in [0.3, 0.4) is 0 Å². The number of ether oxygens (including phenoxy) is 2. The van der Waals surface area contributed by atoms with Crippen molar-refractivity contribution in [3.63, 3.8) is 0 Å². The van der Waals surface area contributed by atoms with Crippen LogP contribution in [0, 0.1) is 5.92 Å². The lowest BCUT2D eigenvalue weighted by molar-refractivity contribution is -0.151. The molecular formula is C10H18O4. The quantitative estimate of drug-likeness (QED) is 0.603. The standard InChI is InChI=1S/C10H18O4/c1-2-14-9(10(11)12)5-6-13-7-8-3-4-8/h8-9H,2-7H2,1H3,(H,11,12). The summed E-state index contributed by atoms with van der Waals surface area (Å²) >= 11 is 0. The molecular weight excluding hydrogens is 184 g/mol. The van der Waals surface area contributed by atoms with Crippen molar-refractivity contribution in [2.24, 2.45) is 5.92 Å². The fourth-order valence-electron chi connectivity index (χ4n) is 1.20. The van der Waals surface area contributed by atoms with E-state index in [9.17, 15) is 4.79 Å². The molecule has 1 fully saturated rings. The smallest absolute Gasteiger partial charge is 0.332 e. The van der Waals surface area contributed by atoms with Crippen molar-refractivity contribution in [2.45, 2.75) is 32.3 Å². The van der Waals surface area contributed by atoms with Gasteiger partial charge in [0.25, 0.3) is 0 Å². The van der Waals surface area contributed by atoms with Crippen LogP contribution in [0.5, 0.6) is 0 Å². The first-order chi connectivity index (χ1) is 6.74.